The summed E-state index contributed by atoms with van der Waals surface area (Å²) in [6.07, 6.45) is 7.85. The molecule has 2 fully saturated rings. The number of aliphatic hydroxyl groups excluding tert-OH is 1. The number of benzene rings is 1. The molecule has 0 spiro atoms. The minimum atomic E-state index is -0.221. The van der Waals surface area contributed by atoms with Crippen molar-refractivity contribution in [2.75, 3.05) is 23.3 Å². The first-order valence-electron chi connectivity index (χ1n) is 10.9. The zero-order valence-corrected chi connectivity index (χ0v) is 18.7. The highest BCUT2D eigenvalue weighted by Gasteiger charge is 2.21. The SMILES string of the molecule is OC1CCN(c2cc(-c3nnc(NC4CCCC4)c4cc(Cl)c(Cl)cc34)ccn2)CC1. The summed E-state index contributed by atoms with van der Waals surface area (Å²) in [6.45, 7) is 1.57. The van der Waals surface area contributed by atoms with Crippen molar-refractivity contribution >= 4 is 45.6 Å². The first-order chi connectivity index (χ1) is 15.1. The summed E-state index contributed by atoms with van der Waals surface area (Å²) in [6, 6.07) is 8.15. The van der Waals surface area contributed by atoms with E-state index in [-0.39, 0.29) is 6.10 Å². The Balaban J connectivity index is 1.55. The predicted octanol–water partition coefficient (Wildman–Crippen LogP) is 5.31. The molecule has 6 nitrogen and oxygen atoms in total. The number of piperidine rings is 1. The van der Waals surface area contributed by atoms with Gasteiger partial charge in [0.05, 0.1) is 16.1 Å². The van der Waals surface area contributed by atoms with Gasteiger partial charge in [-0.05, 0) is 49.9 Å². The van der Waals surface area contributed by atoms with Gasteiger partial charge in [-0.3, -0.25) is 0 Å². The van der Waals surface area contributed by atoms with Crippen molar-refractivity contribution in [1.29, 1.82) is 0 Å². The Hall–Kier alpha value is -2.15. The van der Waals surface area contributed by atoms with E-state index in [1.54, 1.807) is 6.20 Å². The fourth-order valence-corrected chi connectivity index (χ4v) is 4.89. The second-order valence-corrected chi connectivity index (χ2v) is 9.27. The summed E-state index contributed by atoms with van der Waals surface area (Å²) in [5, 5.41) is 25.3. The molecular weight excluding hydrogens is 433 g/mol. The molecule has 162 valence electrons. The molecule has 3 heterocycles. The highest BCUT2D eigenvalue weighted by atomic mass is 35.5. The molecule has 2 N–H and O–H groups in total. The lowest BCUT2D eigenvalue weighted by molar-refractivity contribution is 0.145. The largest absolute Gasteiger partial charge is 0.393 e. The maximum Gasteiger partial charge on any atom is 0.156 e. The van der Waals surface area contributed by atoms with Crippen LogP contribution in [0.25, 0.3) is 22.0 Å². The van der Waals surface area contributed by atoms with E-state index in [0.29, 0.717) is 16.1 Å². The Bertz CT molecular complexity index is 1090. The second kappa shape index (κ2) is 8.77. The molecule has 5 rings (SSSR count). The van der Waals surface area contributed by atoms with E-state index in [9.17, 15) is 5.11 Å². The number of nitrogens with one attached hydrogen (secondary N) is 1. The monoisotopic (exact) mass is 457 g/mol. The van der Waals surface area contributed by atoms with Crippen molar-refractivity contribution in [2.24, 2.45) is 0 Å². The third-order valence-electron chi connectivity index (χ3n) is 6.32. The molecule has 0 unspecified atom stereocenters. The van der Waals surface area contributed by atoms with Gasteiger partial charge in [-0.1, -0.05) is 36.0 Å². The van der Waals surface area contributed by atoms with E-state index >= 15 is 0 Å². The van der Waals surface area contributed by atoms with Gasteiger partial charge in [-0.25, -0.2) is 4.98 Å². The third-order valence-corrected chi connectivity index (χ3v) is 7.05. The van der Waals surface area contributed by atoms with Crippen LogP contribution in [0.1, 0.15) is 38.5 Å². The van der Waals surface area contributed by atoms with Gasteiger partial charge in [0.25, 0.3) is 0 Å². The van der Waals surface area contributed by atoms with Gasteiger partial charge in [-0.15, -0.1) is 10.2 Å². The minimum absolute atomic E-state index is 0.221. The zero-order valence-electron chi connectivity index (χ0n) is 17.2. The van der Waals surface area contributed by atoms with Crippen molar-refractivity contribution in [3.63, 3.8) is 0 Å². The van der Waals surface area contributed by atoms with Gasteiger partial charge < -0.3 is 15.3 Å². The minimum Gasteiger partial charge on any atom is -0.393 e. The van der Waals surface area contributed by atoms with Crippen LogP contribution in [-0.2, 0) is 0 Å². The van der Waals surface area contributed by atoms with Gasteiger partial charge in [0.1, 0.15) is 11.5 Å². The van der Waals surface area contributed by atoms with Crippen LogP contribution in [-0.4, -0.2) is 45.5 Å². The molecule has 0 bridgehead atoms. The standard InChI is InChI=1S/C23H25Cl2N5O/c24-19-12-17-18(13-20(19)25)23(27-15-3-1-2-4-15)29-28-22(17)14-5-8-26-21(11-14)30-9-6-16(31)7-10-30/h5,8,11-13,15-16,31H,1-4,6-7,9-10H2,(H,27,29). The number of hydrogen-bond donors (Lipinski definition) is 2. The number of rotatable bonds is 4. The average Bonchev–Trinajstić information content (AvgIpc) is 3.29. The summed E-state index contributed by atoms with van der Waals surface area (Å²) in [5.41, 5.74) is 1.69. The Morgan fingerprint density at radius 1 is 0.935 bits per heavy atom. The van der Waals surface area contributed by atoms with Crippen LogP contribution in [0.15, 0.2) is 30.5 Å². The van der Waals surface area contributed by atoms with Crippen LogP contribution < -0.4 is 10.2 Å². The molecule has 1 aromatic carbocycles. The molecule has 1 saturated carbocycles. The van der Waals surface area contributed by atoms with Crippen LogP contribution in [0.4, 0.5) is 11.6 Å². The molecule has 1 aliphatic heterocycles. The summed E-state index contributed by atoms with van der Waals surface area (Å²) < 4.78 is 0. The fraction of sp³-hybridized carbons (Fsp3) is 0.435. The lowest BCUT2D eigenvalue weighted by Crippen LogP contribution is -2.36. The van der Waals surface area contributed by atoms with E-state index in [1.165, 1.54) is 12.8 Å². The van der Waals surface area contributed by atoms with E-state index in [4.69, 9.17) is 23.2 Å². The predicted molar refractivity (Wildman–Crippen MR) is 126 cm³/mol. The van der Waals surface area contributed by atoms with Crippen LogP contribution in [0.2, 0.25) is 10.0 Å². The summed E-state index contributed by atoms with van der Waals surface area (Å²) in [4.78, 5) is 6.75. The number of nitrogens with zero attached hydrogens (tertiary/aromatic N) is 4. The Morgan fingerprint density at radius 3 is 2.39 bits per heavy atom. The van der Waals surface area contributed by atoms with Crippen molar-refractivity contribution in [1.82, 2.24) is 15.2 Å². The summed E-state index contributed by atoms with van der Waals surface area (Å²) in [7, 11) is 0. The van der Waals surface area contributed by atoms with Crippen LogP contribution in [0, 0.1) is 0 Å². The number of halogens is 2. The molecule has 8 heteroatoms. The molecule has 3 aromatic rings. The van der Waals surface area contributed by atoms with Gasteiger partial charge >= 0.3 is 0 Å². The molecular formula is C23H25Cl2N5O. The van der Waals surface area contributed by atoms with E-state index in [0.717, 1.165) is 72.4 Å². The molecule has 0 radical (unpaired) electrons. The summed E-state index contributed by atoms with van der Waals surface area (Å²) >= 11 is 12.8. The molecule has 0 amide bonds. The maximum absolute atomic E-state index is 9.81. The number of aliphatic hydroxyl groups is 1. The average molecular weight is 458 g/mol. The highest BCUT2D eigenvalue weighted by molar-refractivity contribution is 6.43. The van der Waals surface area contributed by atoms with Crippen LogP contribution in [0.5, 0.6) is 0 Å². The van der Waals surface area contributed by atoms with Gasteiger partial charge in [0, 0.05) is 41.7 Å². The van der Waals surface area contributed by atoms with Crippen molar-refractivity contribution < 1.29 is 5.11 Å². The lowest BCUT2D eigenvalue weighted by Gasteiger charge is -2.30. The molecule has 1 aliphatic carbocycles. The second-order valence-electron chi connectivity index (χ2n) is 8.46. The van der Waals surface area contributed by atoms with E-state index in [1.807, 2.05) is 24.3 Å². The van der Waals surface area contributed by atoms with Crippen molar-refractivity contribution in [3.8, 4) is 11.3 Å². The number of pyridine rings is 1. The number of fused-ring (bicyclic) bond motifs is 1. The Labute approximate surface area is 191 Å². The highest BCUT2D eigenvalue weighted by Crippen LogP contribution is 2.37. The fourth-order valence-electron chi connectivity index (χ4n) is 4.56. The van der Waals surface area contributed by atoms with Gasteiger partial charge in [0.2, 0.25) is 0 Å². The normalized spacial score (nSPS) is 18.1. The van der Waals surface area contributed by atoms with Gasteiger partial charge in [0.15, 0.2) is 5.82 Å². The van der Waals surface area contributed by atoms with Gasteiger partial charge in [-0.2, -0.15) is 0 Å². The topological polar surface area (TPSA) is 74.2 Å². The molecule has 2 aliphatic rings. The molecule has 2 aromatic heterocycles. The van der Waals surface area contributed by atoms with E-state index < -0.39 is 0 Å². The quantitative estimate of drug-likeness (QED) is 0.552. The number of anilines is 2. The number of aromatic nitrogens is 3. The summed E-state index contributed by atoms with van der Waals surface area (Å²) in [5.74, 6) is 1.64. The van der Waals surface area contributed by atoms with Crippen molar-refractivity contribution in [2.45, 2.75) is 50.7 Å². The first kappa shape index (κ1) is 20.7. The molecule has 0 atom stereocenters. The Kier molecular flexibility index (Phi) is 5.87. The van der Waals surface area contributed by atoms with Crippen LogP contribution >= 0.6 is 23.2 Å². The smallest absolute Gasteiger partial charge is 0.156 e. The lowest BCUT2D eigenvalue weighted by atomic mass is 10.0. The molecule has 31 heavy (non-hydrogen) atoms. The van der Waals surface area contributed by atoms with Crippen LogP contribution in [0.3, 0.4) is 0 Å². The number of hydrogen-bond acceptors (Lipinski definition) is 6. The Morgan fingerprint density at radius 2 is 1.65 bits per heavy atom. The maximum atomic E-state index is 9.81. The first-order valence-corrected chi connectivity index (χ1v) is 11.7. The van der Waals surface area contributed by atoms with Crippen molar-refractivity contribution in [3.05, 3.63) is 40.5 Å². The van der Waals surface area contributed by atoms with E-state index in [2.05, 4.69) is 25.4 Å². The zero-order chi connectivity index (χ0) is 21.4. The third kappa shape index (κ3) is 4.29. The molecule has 1 saturated heterocycles.